The van der Waals surface area contributed by atoms with Gasteiger partial charge in [-0.15, -0.1) is 0 Å². The van der Waals surface area contributed by atoms with E-state index in [0.717, 1.165) is 11.4 Å². The topological polar surface area (TPSA) is 29.1 Å². The number of carbonyl (C=O) groups excluding carboxylic acids is 1. The van der Waals surface area contributed by atoms with Crippen molar-refractivity contribution >= 4 is 28.8 Å². The Morgan fingerprint density at radius 1 is 0.833 bits per heavy atom. The molecule has 0 aliphatic carbocycles. The van der Waals surface area contributed by atoms with Gasteiger partial charge in [0.1, 0.15) is 0 Å². The van der Waals surface area contributed by atoms with Crippen LogP contribution in [0.2, 0.25) is 5.02 Å². The summed E-state index contributed by atoms with van der Waals surface area (Å²) in [6, 6.07) is 23.5. The van der Waals surface area contributed by atoms with E-state index >= 15 is 0 Å². The van der Waals surface area contributed by atoms with Crippen LogP contribution in [-0.4, -0.2) is 5.78 Å². The van der Waals surface area contributed by atoms with Gasteiger partial charge in [0.2, 0.25) is 0 Å². The van der Waals surface area contributed by atoms with Gasteiger partial charge in [0.15, 0.2) is 5.78 Å². The Bertz CT molecular complexity index is 856. The minimum atomic E-state index is 0.0572. The zero-order chi connectivity index (χ0) is 16.5. The molecule has 1 aliphatic heterocycles. The Morgan fingerprint density at radius 3 is 1.96 bits per heavy atom. The number of Topliss-reactive ketones (excluding diaryl/α,β-unsaturated/α-hetero) is 1. The first-order valence-corrected chi connectivity index (χ1v) is 8.34. The van der Waals surface area contributed by atoms with Crippen LogP contribution in [0.4, 0.5) is 11.4 Å². The number of rotatable bonds is 3. The summed E-state index contributed by atoms with van der Waals surface area (Å²) in [6.45, 7) is 0. The third-order valence-corrected chi connectivity index (χ3v) is 4.75. The van der Waals surface area contributed by atoms with Gasteiger partial charge < -0.3 is 5.32 Å². The van der Waals surface area contributed by atoms with Crippen LogP contribution in [0.1, 0.15) is 33.8 Å². The molecule has 0 atom stereocenters. The van der Waals surface area contributed by atoms with Gasteiger partial charge in [0.25, 0.3) is 0 Å². The van der Waals surface area contributed by atoms with Crippen molar-refractivity contribution < 1.29 is 4.79 Å². The average Bonchev–Trinajstić information content (AvgIpc) is 2.62. The lowest BCUT2D eigenvalue weighted by Crippen LogP contribution is -2.16. The predicted octanol–water partition coefficient (Wildman–Crippen LogP) is 5.80. The highest BCUT2D eigenvalue weighted by Gasteiger charge is 2.27. The molecule has 2 nitrogen and oxygen atoms in total. The molecule has 1 aliphatic rings. The number of carbonyl (C=O) groups is 1. The summed E-state index contributed by atoms with van der Waals surface area (Å²) in [5, 5.41) is 4.10. The van der Waals surface area contributed by atoms with Crippen LogP contribution >= 0.6 is 11.6 Å². The fourth-order valence-electron chi connectivity index (χ4n) is 3.30. The maximum Gasteiger partial charge on any atom is 0.163 e. The standard InChI is InChI=1S/C21H16ClNO/c22-15-11-9-14(10-12-15)21(24)13-18-16-5-1-3-7-19(16)23-20-8-4-2-6-17(18)20/h1-12,18,23H,13H2. The molecule has 1 heterocycles. The van der Waals surface area contributed by atoms with Gasteiger partial charge in [-0.2, -0.15) is 0 Å². The molecule has 0 saturated heterocycles. The first-order chi connectivity index (χ1) is 11.7. The molecule has 0 radical (unpaired) electrons. The quantitative estimate of drug-likeness (QED) is 0.613. The highest BCUT2D eigenvalue weighted by Crippen LogP contribution is 2.43. The molecule has 3 aromatic carbocycles. The summed E-state index contributed by atoms with van der Waals surface area (Å²) >= 11 is 5.92. The Balaban J connectivity index is 1.72. The number of para-hydroxylation sites is 2. The van der Waals surface area contributed by atoms with E-state index in [1.165, 1.54) is 11.1 Å². The normalized spacial score (nSPS) is 12.9. The second kappa shape index (κ2) is 6.14. The number of benzene rings is 3. The van der Waals surface area contributed by atoms with E-state index in [-0.39, 0.29) is 11.7 Å². The van der Waals surface area contributed by atoms with Gasteiger partial charge in [-0.05, 0) is 47.5 Å². The number of halogens is 1. The van der Waals surface area contributed by atoms with E-state index in [1.54, 1.807) is 24.3 Å². The van der Waals surface area contributed by atoms with Gasteiger partial charge in [-0.3, -0.25) is 4.79 Å². The van der Waals surface area contributed by atoms with Crippen molar-refractivity contribution in [1.82, 2.24) is 0 Å². The molecule has 0 fully saturated rings. The third-order valence-electron chi connectivity index (χ3n) is 4.50. The predicted molar refractivity (Wildman–Crippen MR) is 98.4 cm³/mol. The van der Waals surface area contributed by atoms with Gasteiger partial charge in [-0.1, -0.05) is 48.0 Å². The second-order valence-corrected chi connectivity index (χ2v) is 6.42. The van der Waals surface area contributed by atoms with Crippen LogP contribution in [-0.2, 0) is 0 Å². The average molecular weight is 334 g/mol. The Morgan fingerprint density at radius 2 is 1.38 bits per heavy atom. The van der Waals surface area contributed by atoms with Crippen molar-refractivity contribution in [3.8, 4) is 0 Å². The Kier molecular flexibility index (Phi) is 3.83. The van der Waals surface area contributed by atoms with Gasteiger partial charge in [0.05, 0.1) is 0 Å². The molecule has 0 saturated carbocycles. The maximum absolute atomic E-state index is 12.8. The largest absolute Gasteiger partial charge is 0.355 e. The van der Waals surface area contributed by atoms with E-state index in [2.05, 4.69) is 29.6 Å². The van der Waals surface area contributed by atoms with E-state index in [9.17, 15) is 4.79 Å². The van der Waals surface area contributed by atoms with Crippen molar-refractivity contribution in [1.29, 1.82) is 0 Å². The highest BCUT2D eigenvalue weighted by molar-refractivity contribution is 6.30. The van der Waals surface area contributed by atoms with E-state index < -0.39 is 0 Å². The van der Waals surface area contributed by atoms with Crippen LogP contribution in [0.5, 0.6) is 0 Å². The monoisotopic (exact) mass is 333 g/mol. The van der Waals surface area contributed by atoms with Crippen LogP contribution in [0.3, 0.4) is 0 Å². The summed E-state index contributed by atoms with van der Waals surface area (Å²) in [7, 11) is 0. The molecule has 1 N–H and O–H groups in total. The number of anilines is 2. The zero-order valence-electron chi connectivity index (χ0n) is 13.0. The summed E-state index contributed by atoms with van der Waals surface area (Å²) in [5.74, 6) is 0.185. The fourth-order valence-corrected chi connectivity index (χ4v) is 3.43. The van der Waals surface area contributed by atoms with E-state index in [1.807, 2.05) is 24.3 Å². The summed E-state index contributed by atoms with van der Waals surface area (Å²) < 4.78 is 0. The van der Waals surface area contributed by atoms with Gasteiger partial charge >= 0.3 is 0 Å². The van der Waals surface area contributed by atoms with E-state index in [4.69, 9.17) is 11.6 Å². The molecular formula is C21H16ClNO. The summed E-state index contributed by atoms with van der Waals surface area (Å²) in [6.07, 6.45) is 0.442. The van der Waals surface area contributed by atoms with Crippen LogP contribution in [0.25, 0.3) is 0 Å². The highest BCUT2D eigenvalue weighted by atomic mass is 35.5. The second-order valence-electron chi connectivity index (χ2n) is 5.99. The molecule has 118 valence electrons. The summed E-state index contributed by atoms with van der Waals surface area (Å²) in [4.78, 5) is 12.8. The maximum atomic E-state index is 12.8. The lowest BCUT2D eigenvalue weighted by molar-refractivity contribution is 0.0977. The van der Waals surface area contributed by atoms with Crippen molar-refractivity contribution in [2.45, 2.75) is 12.3 Å². The first kappa shape index (κ1) is 15.0. The van der Waals surface area contributed by atoms with E-state index in [0.29, 0.717) is 17.0 Å². The molecule has 4 rings (SSSR count). The lowest BCUT2D eigenvalue weighted by atomic mass is 9.82. The van der Waals surface area contributed by atoms with Gasteiger partial charge in [-0.25, -0.2) is 0 Å². The lowest BCUT2D eigenvalue weighted by Gasteiger charge is -2.29. The van der Waals surface area contributed by atoms with Crippen LogP contribution < -0.4 is 5.32 Å². The molecule has 0 unspecified atom stereocenters. The zero-order valence-corrected chi connectivity index (χ0v) is 13.8. The smallest absolute Gasteiger partial charge is 0.163 e. The van der Waals surface area contributed by atoms with Crippen molar-refractivity contribution in [2.24, 2.45) is 0 Å². The minimum Gasteiger partial charge on any atom is -0.355 e. The van der Waals surface area contributed by atoms with Crippen LogP contribution in [0, 0.1) is 0 Å². The molecule has 3 heteroatoms. The molecule has 0 amide bonds. The molecule has 24 heavy (non-hydrogen) atoms. The first-order valence-electron chi connectivity index (χ1n) is 7.96. The number of fused-ring (bicyclic) bond motifs is 2. The molecule has 3 aromatic rings. The Labute approximate surface area is 146 Å². The SMILES string of the molecule is O=C(CC1c2ccccc2Nc2ccccc21)c1ccc(Cl)cc1. The molecule has 0 aromatic heterocycles. The number of hydrogen-bond acceptors (Lipinski definition) is 2. The number of nitrogens with one attached hydrogen (secondary N) is 1. The molecule has 0 spiro atoms. The third kappa shape index (κ3) is 2.70. The van der Waals surface area contributed by atoms with Gasteiger partial charge in [0, 0.05) is 34.3 Å². The van der Waals surface area contributed by atoms with Crippen molar-refractivity contribution in [3.63, 3.8) is 0 Å². The fraction of sp³-hybridized carbons (Fsp3) is 0.0952. The molecule has 0 bridgehead atoms. The minimum absolute atomic E-state index is 0.0572. The van der Waals surface area contributed by atoms with Crippen LogP contribution in [0.15, 0.2) is 72.8 Å². The van der Waals surface area contributed by atoms with Crippen molar-refractivity contribution in [2.75, 3.05) is 5.32 Å². The number of ketones is 1. The Hall–Kier alpha value is -2.58. The summed E-state index contributed by atoms with van der Waals surface area (Å²) in [5.41, 5.74) is 5.18. The van der Waals surface area contributed by atoms with Crippen molar-refractivity contribution in [3.05, 3.63) is 94.5 Å². The number of hydrogen-bond donors (Lipinski definition) is 1. The molecular weight excluding hydrogens is 318 g/mol.